The van der Waals surface area contributed by atoms with E-state index in [9.17, 15) is 0 Å². The highest BCUT2D eigenvalue weighted by Gasteiger charge is 1.91. The second-order valence-electron chi connectivity index (χ2n) is 2.37. The molecule has 1 N–H and O–H groups in total. The molecule has 0 aliphatic carbocycles. The summed E-state index contributed by atoms with van der Waals surface area (Å²) in [5.74, 6) is 0.252. The number of phenolic OH excluding ortho intramolecular Hbond substituents is 1. The number of phenols is 1. The van der Waals surface area contributed by atoms with E-state index in [2.05, 4.69) is 10.0 Å². The lowest BCUT2D eigenvalue weighted by atomic mass is 10.1. The first kappa shape index (κ1) is 8.43. The molecule has 0 fully saturated rings. The first-order valence-electron chi connectivity index (χ1n) is 3.61. The summed E-state index contributed by atoms with van der Waals surface area (Å²) < 4.78 is 0. The van der Waals surface area contributed by atoms with E-state index in [4.69, 9.17) is 10.6 Å². The van der Waals surface area contributed by atoms with Gasteiger partial charge in [0, 0.05) is 11.5 Å². The summed E-state index contributed by atoms with van der Waals surface area (Å²) in [6.45, 7) is 0.460. The van der Waals surface area contributed by atoms with Gasteiger partial charge in [0.05, 0.1) is 0 Å². The Morgan fingerprint density at radius 3 is 2.58 bits per heavy atom. The molecule has 1 aromatic carbocycles. The van der Waals surface area contributed by atoms with Gasteiger partial charge in [-0.1, -0.05) is 17.2 Å². The molecule has 0 aliphatic heterocycles. The third-order valence-corrected chi connectivity index (χ3v) is 1.50. The fourth-order valence-corrected chi connectivity index (χ4v) is 0.886. The molecule has 1 aromatic rings. The van der Waals surface area contributed by atoms with Crippen LogP contribution in [0.2, 0.25) is 0 Å². The van der Waals surface area contributed by atoms with Gasteiger partial charge in [-0.15, -0.1) is 0 Å². The van der Waals surface area contributed by atoms with Crippen molar-refractivity contribution in [2.45, 2.75) is 6.42 Å². The zero-order chi connectivity index (χ0) is 8.81. The number of benzene rings is 1. The molecule has 0 spiro atoms. The fraction of sp³-hybridized carbons (Fsp3) is 0.250. The van der Waals surface area contributed by atoms with Crippen molar-refractivity contribution in [2.24, 2.45) is 5.11 Å². The predicted molar refractivity (Wildman–Crippen MR) is 45.8 cm³/mol. The van der Waals surface area contributed by atoms with Crippen molar-refractivity contribution in [3.05, 3.63) is 40.3 Å². The standard InChI is InChI=1S/C8H9N3O/c9-11-10-6-5-7-1-3-8(12)4-2-7/h1-4,12H,5-6H2. The summed E-state index contributed by atoms with van der Waals surface area (Å²) in [6.07, 6.45) is 0.713. The van der Waals surface area contributed by atoms with Crippen LogP contribution >= 0.6 is 0 Å². The predicted octanol–water partition coefficient (Wildman–Crippen LogP) is 2.25. The van der Waals surface area contributed by atoms with Gasteiger partial charge in [-0.2, -0.15) is 0 Å². The molecule has 0 bridgehead atoms. The van der Waals surface area contributed by atoms with E-state index in [1.165, 1.54) is 0 Å². The molecule has 12 heavy (non-hydrogen) atoms. The number of aromatic hydroxyl groups is 1. The molecular weight excluding hydrogens is 154 g/mol. The van der Waals surface area contributed by atoms with Gasteiger partial charge in [0.1, 0.15) is 5.75 Å². The van der Waals surface area contributed by atoms with Crippen molar-refractivity contribution in [3.63, 3.8) is 0 Å². The lowest BCUT2D eigenvalue weighted by Gasteiger charge is -1.96. The van der Waals surface area contributed by atoms with Crippen molar-refractivity contribution in [1.82, 2.24) is 0 Å². The fourth-order valence-electron chi connectivity index (χ4n) is 0.886. The van der Waals surface area contributed by atoms with E-state index < -0.39 is 0 Å². The molecule has 0 saturated heterocycles. The second kappa shape index (κ2) is 4.26. The SMILES string of the molecule is [N-]=[N+]=NCCc1ccc(O)cc1. The van der Waals surface area contributed by atoms with Gasteiger partial charge >= 0.3 is 0 Å². The summed E-state index contributed by atoms with van der Waals surface area (Å²) in [5, 5.41) is 12.4. The van der Waals surface area contributed by atoms with E-state index in [-0.39, 0.29) is 5.75 Å². The van der Waals surface area contributed by atoms with Gasteiger partial charge in [0.2, 0.25) is 0 Å². The quantitative estimate of drug-likeness (QED) is 0.414. The average Bonchev–Trinajstić information content (AvgIpc) is 2.09. The molecule has 0 aromatic heterocycles. The van der Waals surface area contributed by atoms with Gasteiger partial charge in [-0.05, 0) is 29.6 Å². The molecule has 0 atom stereocenters. The van der Waals surface area contributed by atoms with E-state index in [0.717, 1.165) is 5.56 Å². The van der Waals surface area contributed by atoms with Crippen LogP contribution in [0.3, 0.4) is 0 Å². The van der Waals surface area contributed by atoms with Crippen LogP contribution < -0.4 is 0 Å². The average molecular weight is 163 g/mol. The topological polar surface area (TPSA) is 69.0 Å². The van der Waals surface area contributed by atoms with Crippen LogP contribution in [-0.2, 0) is 6.42 Å². The zero-order valence-corrected chi connectivity index (χ0v) is 6.51. The monoisotopic (exact) mass is 163 g/mol. The van der Waals surface area contributed by atoms with Crippen LogP contribution in [0.5, 0.6) is 5.75 Å². The van der Waals surface area contributed by atoms with E-state index in [1.807, 2.05) is 12.1 Å². The molecule has 62 valence electrons. The van der Waals surface area contributed by atoms with Gasteiger partial charge in [0.15, 0.2) is 0 Å². The van der Waals surface area contributed by atoms with Gasteiger partial charge < -0.3 is 5.11 Å². The van der Waals surface area contributed by atoms with Crippen molar-refractivity contribution in [1.29, 1.82) is 0 Å². The maximum absolute atomic E-state index is 8.95. The van der Waals surface area contributed by atoms with Crippen LogP contribution in [0.4, 0.5) is 0 Å². The maximum atomic E-state index is 8.95. The Morgan fingerprint density at radius 2 is 2.00 bits per heavy atom. The smallest absolute Gasteiger partial charge is 0.115 e. The molecule has 0 aliphatic rings. The van der Waals surface area contributed by atoms with Gasteiger partial charge in [-0.3, -0.25) is 0 Å². The highest BCUT2D eigenvalue weighted by Crippen LogP contribution is 2.09. The first-order valence-corrected chi connectivity index (χ1v) is 3.61. The summed E-state index contributed by atoms with van der Waals surface area (Å²) >= 11 is 0. The summed E-state index contributed by atoms with van der Waals surface area (Å²) in [5.41, 5.74) is 9.06. The highest BCUT2D eigenvalue weighted by atomic mass is 16.3. The van der Waals surface area contributed by atoms with E-state index in [1.54, 1.807) is 12.1 Å². The van der Waals surface area contributed by atoms with Crippen LogP contribution in [0.25, 0.3) is 10.4 Å². The molecule has 4 nitrogen and oxygen atoms in total. The Kier molecular flexibility index (Phi) is 2.99. The molecule has 0 saturated carbocycles. The van der Waals surface area contributed by atoms with E-state index in [0.29, 0.717) is 13.0 Å². The Labute approximate surface area is 70.1 Å². The molecule has 1 rings (SSSR count). The van der Waals surface area contributed by atoms with Crippen LogP contribution in [0.15, 0.2) is 29.4 Å². The summed E-state index contributed by atoms with van der Waals surface area (Å²) in [7, 11) is 0. The lowest BCUT2D eigenvalue weighted by molar-refractivity contribution is 0.475. The Hall–Kier alpha value is -1.67. The van der Waals surface area contributed by atoms with Crippen molar-refractivity contribution < 1.29 is 5.11 Å². The van der Waals surface area contributed by atoms with Gasteiger partial charge in [0.25, 0.3) is 0 Å². The third-order valence-electron chi connectivity index (χ3n) is 1.50. The molecule has 0 unspecified atom stereocenters. The molecular formula is C8H9N3O. The zero-order valence-electron chi connectivity index (χ0n) is 6.51. The minimum absolute atomic E-state index is 0.252. The number of hydrogen-bond acceptors (Lipinski definition) is 2. The minimum Gasteiger partial charge on any atom is -0.508 e. The first-order chi connectivity index (χ1) is 5.83. The molecule has 0 heterocycles. The van der Waals surface area contributed by atoms with Crippen molar-refractivity contribution >= 4 is 0 Å². The molecule has 0 amide bonds. The minimum atomic E-state index is 0.252. The Bertz CT molecular complexity index is 288. The van der Waals surface area contributed by atoms with Crippen LogP contribution in [0, 0.1) is 0 Å². The van der Waals surface area contributed by atoms with Gasteiger partial charge in [-0.25, -0.2) is 0 Å². The normalized spacial score (nSPS) is 9.00. The molecule has 0 radical (unpaired) electrons. The number of nitrogens with zero attached hydrogens (tertiary/aromatic N) is 3. The summed E-state index contributed by atoms with van der Waals surface area (Å²) in [6, 6.07) is 6.85. The van der Waals surface area contributed by atoms with Crippen molar-refractivity contribution in [2.75, 3.05) is 6.54 Å². The maximum Gasteiger partial charge on any atom is 0.115 e. The number of rotatable bonds is 3. The lowest BCUT2D eigenvalue weighted by Crippen LogP contribution is -1.86. The third kappa shape index (κ3) is 2.52. The van der Waals surface area contributed by atoms with E-state index >= 15 is 0 Å². The largest absolute Gasteiger partial charge is 0.508 e. The Morgan fingerprint density at radius 1 is 1.33 bits per heavy atom. The highest BCUT2D eigenvalue weighted by molar-refractivity contribution is 5.25. The van der Waals surface area contributed by atoms with Crippen LogP contribution in [-0.4, -0.2) is 11.7 Å². The van der Waals surface area contributed by atoms with Crippen LogP contribution in [0.1, 0.15) is 5.56 Å². The Balaban J connectivity index is 2.53. The van der Waals surface area contributed by atoms with Crippen molar-refractivity contribution in [3.8, 4) is 5.75 Å². The number of hydrogen-bond donors (Lipinski definition) is 1. The molecule has 4 heteroatoms. The second-order valence-corrected chi connectivity index (χ2v) is 2.37. The number of azide groups is 1. The summed E-state index contributed by atoms with van der Waals surface area (Å²) in [4.78, 5) is 2.64.